The quantitative estimate of drug-likeness (QED) is 0.491. The molecule has 2 unspecified atom stereocenters. The lowest BCUT2D eigenvalue weighted by Gasteiger charge is -2.39. The van der Waals surface area contributed by atoms with Crippen molar-refractivity contribution >= 4 is 41.0 Å². The second kappa shape index (κ2) is 11.7. The molecule has 3 aliphatic rings. The monoisotopic (exact) mass is 582 g/mol. The van der Waals surface area contributed by atoms with Crippen LogP contribution in [-0.2, 0) is 14.4 Å². The fourth-order valence-corrected chi connectivity index (χ4v) is 6.40. The van der Waals surface area contributed by atoms with Crippen molar-refractivity contribution < 1.29 is 24.3 Å². The van der Waals surface area contributed by atoms with Gasteiger partial charge in [-0.25, -0.2) is 14.8 Å². The van der Waals surface area contributed by atoms with Crippen LogP contribution >= 0.6 is 11.6 Å². The predicted octanol–water partition coefficient (Wildman–Crippen LogP) is 2.03. The molecule has 4 heterocycles. The van der Waals surface area contributed by atoms with E-state index in [2.05, 4.69) is 14.9 Å². The average Bonchev–Trinajstić information content (AvgIpc) is 3.46. The molecule has 0 spiro atoms. The molecule has 0 saturated carbocycles. The number of benzene rings is 1. The summed E-state index contributed by atoms with van der Waals surface area (Å²) in [7, 11) is 0. The minimum Gasteiger partial charge on any atom is -0.474 e. The first-order valence-corrected chi connectivity index (χ1v) is 14.3. The Kier molecular flexibility index (Phi) is 8.28. The van der Waals surface area contributed by atoms with Gasteiger partial charge in [0.2, 0.25) is 5.91 Å². The molecular weight excluding hydrogens is 548 g/mol. The van der Waals surface area contributed by atoms with E-state index in [0.29, 0.717) is 59.1 Å². The average molecular weight is 583 g/mol. The Hall–Kier alpha value is -3.57. The summed E-state index contributed by atoms with van der Waals surface area (Å²) in [5.41, 5.74) is 3.62. The van der Waals surface area contributed by atoms with Crippen LogP contribution in [-0.4, -0.2) is 106 Å². The van der Waals surface area contributed by atoms with Crippen LogP contribution in [0, 0.1) is 38.5 Å². The molecule has 3 fully saturated rings. The van der Waals surface area contributed by atoms with E-state index in [1.807, 2.05) is 37.8 Å². The Morgan fingerprint density at radius 3 is 2.17 bits per heavy atom. The van der Waals surface area contributed by atoms with Gasteiger partial charge in [-0.1, -0.05) is 17.7 Å². The highest BCUT2D eigenvalue weighted by atomic mass is 35.5. The largest absolute Gasteiger partial charge is 0.474 e. The second-order valence-electron chi connectivity index (χ2n) is 11.4. The lowest BCUT2D eigenvalue weighted by molar-refractivity contribution is -0.160. The maximum atomic E-state index is 13.4. The van der Waals surface area contributed by atoms with Crippen LogP contribution in [0.2, 0.25) is 5.02 Å². The van der Waals surface area contributed by atoms with Crippen molar-refractivity contribution in [2.45, 2.75) is 27.2 Å². The number of carboxylic acids is 1. The summed E-state index contributed by atoms with van der Waals surface area (Å²) >= 11 is 6.37. The number of amides is 3. The number of aromatic nitrogens is 2. The number of halogens is 1. The Morgan fingerprint density at radius 2 is 1.59 bits per heavy atom. The van der Waals surface area contributed by atoms with Gasteiger partial charge in [0, 0.05) is 56.5 Å². The van der Waals surface area contributed by atoms with Gasteiger partial charge < -0.3 is 24.7 Å². The molecule has 2 atom stereocenters. The minimum absolute atomic E-state index is 0.00655. The van der Waals surface area contributed by atoms with Crippen LogP contribution in [0.1, 0.15) is 33.7 Å². The van der Waals surface area contributed by atoms with Gasteiger partial charge in [-0.2, -0.15) is 0 Å². The number of likely N-dealkylation sites (tertiary alicyclic amines) is 3. The summed E-state index contributed by atoms with van der Waals surface area (Å²) in [6, 6.07) is 5.52. The number of carbonyl (C=O) groups is 4. The number of nitrogens with zero attached hydrogens (tertiary/aromatic N) is 6. The van der Waals surface area contributed by atoms with Gasteiger partial charge in [0.1, 0.15) is 6.33 Å². The van der Waals surface area contributed by atoms with Gasteiger partial charge in [0.05, 0.1) is 22.9 Å². The highest BCUT2D eigenvalue weighted by molar-refractivity contribution is 6.32. The number of carbonyl (C=O) groups excluding carboxylic acids is 3. The van der Waals surface area contributed by atoms with Gasteiger partial charge in [-0.15, -0.1) is 0 Å². The first-order chi connectivity index (χ1) is 19.5. The van der Waals surface area contributed by atoms with Crippen LogP contribution in [0.15, 0.2) is 24.5 Å². The minimum atomic E-state index is -1.51. The van der Waals surface area contributed by atoms with E-state index in [1.54, 1.807) is 11.0 Å². The number of aliphatic carboxylic acids is 1. The van der Waals surface area contributed by atoms with Gasteiger partial charge >= 0.3 is 11.9 Å². The molecule has 0 aliphatic carbocycles. The third-order valence-corrected chi connectivity index (χ3v) is 8.99. The topological polar surface area (TPSA) is 127 Å². The second-order valence-corrected chi connectivity index (χ2v) is 11.8. The Labute approximate surface area is 244 Å². The highest BCUT2D eigenvalue weighted by Crippen LogP contribution is 2.33. The van der Waals surface area contributed by atoms with Crippen molar-refractivity contribution in [3.63, 3.8) is 0 Å². The molecule has 0 radical (unpaired) electrons. The molecule has 3 amide bonds. The lowest BCUT2D eigenvalue weighted by Crippen LogP contribution is -2.58. The van der Waals surface area contributed by atoms with Gasteiger partial charge in [-0.3, -0.25) is 14.4 Å². The number of aryl methyl sites for hydroxylation is 3. The fourth-order valence-electron chi connectivity index (χ4n) is 6.22. The maximum Gasteiger partial charge on any atom is 0.394 e. The maximum absolute atomic E-state index is 13.4. The molecular formula is C29H35ClN6O5. The van der Waals surface area contributed by atoms with Gasteiger partial charge in [0.15, 0.2) is 0 Å². The normalized spacial score (nSPS) is 20.6. The molecule has 2 aromatic rings. The van der Waals surface area contributed by atoms with Crippen molar-refractivity contribution in [2.24, 2.45) is 17.8 Å². The van der Waals surface area contributed by atoms with E-state index in [9.17, 15) is 19.2 Å². The molecule has 0 bridgehead atoms. The summed E-state index contributed by atoms with van der Waals surface area (Å²) in [4.78, 5) is 65.0. The molecule has 3 saturated heterocycles. The van der Waals surface area contributed by atoms with E-state index in [1.165, 1.54) is 11.2 Å². The van der Waals surface area contributed by atoms with Crippen LogP contribution in [0.4, 0.5) is 5.69 Å². The molecule has 218 valence electrons. The first-order valence-electron chi connectivity index (χ1n) is 13.9. The van der Waals surface area contributed by atoms with E-state index in [4.69, 9.17) is 16.7 Å². The summed E-state index contributed by atoms with van der Waals surface area (Å²) in [5, 5.41) is 9.52. The predicted molar refractivity (Wildman–Crippen MR) is 152 cm³/mol. The zero-order chi connectivity index (χ0) is 29.4. The van der Waals surface area contributed by atoms with Crippen LogP contribution in [0.5, 0.6) is 0 Å². The standard InChI is InChI=1S/C29H35ClN6O5/c1-17-5-6-23(9-24(17)30)36(26(37)22-14-35(15-22)28(39)29(40)41)8-4-7-33-10-20-12-34(13-21(20)11-33)27(38)25-18(2)31-16-32-19(25)3/h5-6,9,16,20-22H,4,7-8,10-15H2,1-3H3,(H,40,41). The van der Waals surface area contributed by atoms with Crippen molar-refractivity contribution in [2.75, 3.05) is 57.3 Å². The van der Waals surface area contributed by atoms with Crippen LogP contribution in [0.3, 0.4) is 0 Å². The molecule has 5 rings (SSSR count). The van der Waals surface area contributed by atoms with Crippen LogP contribution < -0.4 is 4.90 Å². The van der Waals surface area contributed by atoms with E-state index in [-0.39, 0.29) is 24.9 Å². The molecule has 11 nitrogen and oxygen atoms in total. The zero-order valence-electron chi connectivity index (χ0n) is 23.5. The number of fused-ring (bicyclic) bond motifs is 1. The lowest BCUT2D eigenvalue weighted by atomic mass is 9.97. The third-order valence-electron chi connectivity index (χ3n) is 8.58. The van der Waals surface area contributed by atoms with Crippen molar-refractivity contribution in [3.8, 4) is 0 Å². The molecule has 3 aliphatic heterocycles. The summed E-state index contributed by atoms with van der Waals surface area (Å²) in [5.74, 6) is -2.26. The van der Waals surface area contributed by atoms with Crippen molar-refractivity contribution in [3.05, 3.63) is 52.1 Å². The number of anilines is 1. The Morgan fingerprint density at radius 1 is 0.951 bits per heavy atom. The third kappa shape index (κ3) is 5.92. The number of hydrogen-bond acceptors (Lipinski definition) is 7. The first kappa shape index (κ1) is 28.9. The Bertz CT molecular complexity index is 1350. The highest BCUT2D eigenvalue weighted by Gasteiger charge is 2.43. The molecule has 1 aromatic carbocycles. The van der Waals surface area contributed by atoms with Gasteiger partial charge in [-0.05, 0) is 63.3 Å². The molecule has 1 aromatic heterocycles. The number of rotatable bonds is 7. The smallest absolute Gasteiger partial charge is 0.394 e. The number of carboxylic acid groups (broad SMARTS) is 1. The van der Waals surface area contributed by atoms with E-state index in [0.717, 1.165) is 31.6 Å². The van der Waals surface area contributed by atoms with Crippen molar-refractivity contribution in [1.29, 1.82) is 0 Å². The van der Waals surface area contributed by atoms with E-state index < -0.39 is 17.8 Å². The SMILES string of the molecule is Cc1ccc(N(CCCN2CC3CN(C(=O)c4c(C)ncnc4C)CC3C2)C(=O)C2CN(C(=O)C(=O)O)C2)cc1Cl. The van der Waals surface area contributed by atoms with E-state index >= 15 is 0 Å². The molecule has 1 N–H and O–H groups in total. The van der Waals surface area contributed by atoms with Crippen LogP contribution in [0.25, 0.3) is 0 Å². The summed E-state index contributed by atoms with van der Waals surface area (Å²) < 4.78 is 0. The molecule has 12 heteroatoms. The fraction of sp³-hybridized carbons (Fsp3) is 0.517. The summed E-state index contributed by atoms with van der Waals surface area (Å²) in [6.45, 7) is 10.3. The Balaban J connectivity index is 1.16. The number of hydrogen-bond donors (Lipinski definition) is 1. The molecule has 41 heavy (non-hydrogen) atoms. The van der Waals surface area contributed by atoms with Crippen molar-refractivity contribution in [1.82, 2.24) is 24.7 Å². The summed E-state index contributed by atoms with van der Waals surface area (Å²) in [6.07, 6.45) is 2.23. The zero-order valence-corrected chi connectivity index (χ0v) is 24.3. The van der Waals surface area contributed by atoms with Gasteiger partial charge in [0.25, 0.3) is 5.91 Å².